The van der Waals surface area contributed by atoms with Gasteiger partial charge in [-0.1, -0.05) is 44.2 Å². The minimum atomic E-state index is -0.927. The fourth-order valence-corrected chi connectivity index (χ4v) is 2.15. The Balaban J connectivity index is 0.00000123. The molecule has 0 spiro atoms. The predicted molar refractivity (Wildman–Crippen MR) is 86.7 cm³/mol. The molecular formula is C17H21NO5V. The number of aliphatic carboxylic acids is 1. The first-order valence-electron chi connectivity index (χ1n) is 7.14. The number of allylic oxidation sites excluding steroid dienone is 2. The Hall–Kier alpha value is -2.02. The van der Waals surface area contributed by atoms with Gasteiger partial charge in [0, 0.05) is 18.9 Å². The predicted octanol–water partition coefficient (Wildman–Crippen LogP) is 1.81. The molecular weight excluding hydrogens is 349 g/mol. The van der Waals surface area contributed by atoms with E-state index in [0.29, 0.717) is 5.57 Å². The van der Waals surface area contributed by atoms with Crippen LogP contribution in [-0.4, -0.2) is 35.1 Å². The van der Waals surface area contributed by atoms with Crippen molar-refractivity contribution in [3.63, 3.8) is 0 Å². The molecule has 1 aromatic rings. The zero-order chi connectivity index (χ0) is 18.7. The molecule has 0 fully saturated rings. The summed E-state index contributed by atoms with van der Waals surface area (Å²) in [4.78, 5) is 23.1. The first-order valence-corrected chi connectivity index (χ1v) is 7.71. The fraction of sp³-hybridized carbons (Fsp3) is 0.294. The Labute approximate surface area is 150 Å². The van der Waals surface area contributed by atoms with Crippen LogP contribution in [0.1, 0.15) is 25.0 Å². The molecule has 0 amide bonds. The molecule has 2 rings (SSSR count). The summed E-state index contributed by atoms with van der Waals surface area (Å²) in [7, 11) is 1.00. The Morgan fingerprint density at radius 1 is 1.17 bits per heavy atom. The summed E-state index contributed by atoms with van der Waals surface area (Å²) < 4.78 is 8.19. The zero-order valence-corrected chi connectivity index (χ0v) is 15.2. The van der Waals surface area contributed by atoms with Crippen molar-refractivity contribution < 1.29 is 40.8 Å². The quantitative estimate of drug-likeness (QED) is 0.699. The molecule has 0 aromatic heterocycles. The van der Waals surface area contributed by atoms with Crippen LogP contribution < -0.4 is 5.32 Å². The maximum absolute atomic E-state index is 12.0. The molecule has 0 aliphatic heterocycles. The Morgan fingerprint density at radius 3 is 2.29 bits per heavy atom. The number of aliphatic hydroxyl groups is 1. The van der Waals surface area contributed by atoms with Gasteiger partial charge in [-0.05, 0) is 23.1 Å². The molecule has 0 saturated carbocycles. The van der Waals surface area contributed by atoms with Crippen molar-refractivity contribution in [3.05, 3.63) is 47.7 Å². The molecule has 1 atom stereocenters. The van der Waals surface area contributed by atoms with E-state index in [0.717, 1.165) is 35.6 Å². The van der Waals surface area contributed by atoms with Gasteiger partial charge in [0.15, 0.2) is 5.78 Å². The van der Waals surface area contributed by atoms with Gasteiger partial charge >= 0.3 is 27.0 Å². The molecule has 1 aliphatic rings. The maximum atomic E-state index is 12.0. The second kappa shape index (κ2) is 11.5. The third-order valence-electron chi connectivity index (χ3n) is 3.27. The number of carboxylic acids is 1. The van der Waals surface area contributed by atoms with Gasteiger partial charge in [-0.25, -0.2) is 4.79 Å². The third kappa shape index (κ3) is 5.88. The molecule has 3 N–H and O–H groups in total. The minimum absolute atomic E-state index is 0.0752. The molecule has 0 radical (unpaired) electrons. The summed E-state index contributed by atoms with van der Waals surface area (Å²) >= 11 is 1.06. The molecule has 1 aliphatic carbocycles. The number of nitrogens with one attached hydrogen (secondary N) is 1. The van der Waals surface area contributed by atoms with Crippen molar-refractivity contribution in [2.45, 2.75) is 19.9 Å². The molecule has 6 nitrogen and oxygen atoms in total. The van der Waals surface area contributed by atoms with Crippen molar-refractivity contribution in [2.75, 3.05) is 7.11 Å². The number of rotatable bonds is 4. The monoisotopic (exact) mass is 370 g/mol. The van der Waals surface area contributed by atoms with Gasteiger partial charge in [0.25, 0.3) is 0 Å². The van der Waals surface area contributed by atoms with E-state index < -0.39 is 12.0 Å². The van der Waals surface area contributed by atoms with Crippen molar-refractivity contribution in [3.8, 4) is 0 Å². The SMILES string of the molecule is CC(C)[C@@H](N/C=C1\C(=O)C=Cc2ccccc21)C(=O)O.CO.[O]=[V]. The van der Waals surface area contributed by atoms with Crippen molar-refractivity contribution in [1.29, 1.82) is 0 Å². The zero-order valence-electron chi connectivity index (χ0n) is 13.8. The van der Waals surface area contributed by atoms with Crippen LogP contribution in [0.4, 0.5) is 0 Å². The van der Waals surface area contributed by atoms with E-state index in [4.69, 9.17) is 13.9 Å². The normalized spacial score (nSPS) is 14.7. The number of fused-ring (bicyclic) bond motifs is 1. The van der Waals surface area contributed by atoms with Gasteiger partial charge in [0.05, 0.1) is 0 Å². The number of ketones is 1. The number of hydrogen-bond acceptors (Lipinski definition) is 5. The van der Waals surface area contributed by atoms with Crippen LogP contribution >= 0.6 is 0 Å². The number of hydrogen-bond donors (Lipinski definition) is 3. The first kappa shape index (κ1) is 22.0. The van der Waals surface area contributed by atoms with Gasteiger partial charge in [0.2, 0.25) is 0 Å². The van der Waals surface area contributed by atoms with E-state index in [1.165, 1.54) is 12.3 Å². The standard InChI is InChI=1S/C16H17NO3.CH4O.O.V/c1-10(2)15(16(19)20)17-9-13-12-6-4-3-5-11(12)7-8-14(13)18;1-2;;/h3-10,15,17H,1-2H3,(H,19,20);2H,1H3;;/b13-9-;;;/t15-;;;/m1.../s1. The van der Waals surface area contributed by atoms with Gasteiger partial charge in [-0.2, -0.15) is 0 Å². The summed E-state index contributed by atoms with van der Waals surface area (Å²) in [5, 5.41) is 19.0. The van der Waals surface area contributed by atoms with Crippen LogP contribution in [0.5, 0.6) is 0 Å². The summed E-state index contributed by atoms with van der Waals surface area (Å²) in [5.41, 5.74) is 2.27. The molecule has 0 saturated heterocycles. The van der Waals surface area contributed by atoms with Gasteiger partial charge < -0.3 is 15.5 Å². The summed E-state index contributed by atoms with van der Waals surface area (Å²) in [5.74, 6) is -1.12. The number of carboxylic acid groups (broad SMARTS) is 1. The molecule has 1 aromatic carbocycles. The van der Waals surface area contributed by atoms with Crippen LogP contribution in [0.3, 0.4) is 0 Å². The van der Waals surface area contributed by atoms with Gasteiger partial charge in [-0.15, -0.1) is 0 Å². The third-order valence-corrected chi connectivity index (χ3v) is 3.27. The second-order valence-corrected chi connectivity index (χ2v) is 5.07. The fourth-order valence-electron chi connectivity index (χ4n) is 2.15. The summed E-state index contributed by atoms with van der Waals surface area (Å²) in [6, 6.07) is 6.82. The number of benzene rings is 1. The van der Waals surface area contributed by atoms with E-state index in [1.807, 2.05) is 38.1 Å². The van der Waals surface area contributed by atoms with Crippen LogP contribution in [0, 0.1) is 5.92 Å². The number of carbonyl (C=O) groups is 2. The van der Waals surface area contributed by atoms with E-state index >= 15 is 0 Å². The molecule has 129 valence electrons. The molecule has 0 unspecified atom stereocenters. The van der Waals surface area contributed by atoms with E-state index in [2.05, 4.69) is 5.32 Å². The van der Waals surface area contributed by atoms with Crippen LogP contribution in [-0.2, 0) is 30.6 Å². The Kier molecular flexibility index (Phi) is 10.5. The van der Waals surface area contributed by atoms with Crippen molar-refractivity contribution >= 4 is 23.4 Å². The number of carbonyl (C=O) groups excluding carboxylic acids is 1. The number of aliphatic hydroxyl groups excluding tert-OH is 1. The van der Waals surface area contributed by atoms with Crippen LogP contribution in [0.2, 0.25) is 0 Å². The molecule has 0 heterocycles. The van der Waals surface area contributed by atoms with Gasteiger partial charge in [0.1, 0.15) is 6.04 Å². The topological polar surface area (TPSA) is 104 Å². The first-order chi connectivity index (χ1) is 11.5. The Bertz CT molecular complexity index is 625. The summed E-state index contributed by atoms with van der Waals surface area (Å²) in [6.45, 7) is 3.64. The average molecular weight is 370 g/mol. The van der Waals surface area contributed by atoms with Gasteiger partial charge in [-0.3, -0.25) is 4.79 Å². The average Bonchev–Trinajstić information content (AvgIpc) is 2.60. The van der Waals surface area contributed by atoms with Crippen molar-refractivity contribution in [2.24, 2.45) is 5.92 Å². The molecule has 0 bridgehead atoms. The van der Waals surface area contributed by atoms with E-state index in [-0.39, 0.29) is 11.7 Å². The van der Waals surface area contributed by atoms with E-state index in [9.17, 15) is 9.59 Å². The Morgan fingerprint density at radius 2 is 1.75 bits per heavy atom. The van der Waals surface area contributed by atoms with Crippen molar-refractivity contribution in [1.82, 2.24) is 5.32 Å². The second-order valence-electron chi connectivity index (χ2n) is 5.07. The van der Waals surface area contributed by atoms with Crippen LogP contribution in [0.25, 0.3) is 11.6 Å². The molecule has 7 heteroatoms. The van der Waals surface area contributed by atoms with Crippen LogP contribution in [0.15, 0.2) is 36.5 Å². The molecule has 24 heavy (non-hydrogen) atoms. The van der Waals surface area contributed by atoms with E-state index in [1.54, 1.807) is 6.08 Å². The summed E-state index contributed by atoms with van der Waals surface area (Å²) in [6.07, 6.45) is 4.79.